The number of carbonyl (C=O) groups excluding carboxylic acids is 1. The van der Waals surface area contributed by atoms with E-state index in [-0.39, 0.29) is 5.97 Å². The van der Waals surface area contributed by atoms with Gasteiger partial charge in [-0.25, -0.2) is 4.79 Å². The van der Waals surface area contributed by atoms with Gasteiger partial charge in [0.1, 0.15) is 16.9 Å². The second kappa shape index (κ2) is 7.53. The van der Waals surface area contributed by atoms with Crippen LogP contribution in [0.25, 0.3) is 0 Å². The number of ether oxygens (including phenoxy) is 2. The van der Waals surface area contributed by atoms with Gasteiger partial charge in [0.25, 0.3) is 0 Å². The Kier molecular flexibility index (Phi) is 6.35. The van der Waals surface area contributed by atoms with E-state index in [0.29, 0.717) is 17.9 Å². The molecular weight excluding hydrogens is 308 g/mol. The van der Waals surface area contributed by atoms with E-state index in [1.807, 2.05) is 32.9 Å². The van der Waals surface area contributed by atoms with Gasteiger partial charge in [-0.05, 0) is 45.7 Å². The maximum atomic E-state index is 12.1. The topological polar surface area (TPSA) is 35.5 Å². The molecule has 3 nitrogen and oxygen atoms in total. The third kappa shape index (κ3) is 6.10. The van der Waals surface area contributed by atoms with Crippen LogP contribution in [0.15, 0.2) is 24.3 Å². The monoisotopic (exact) mass is 328 g/mol. The average Bonchev–Trinajstić information content (AvgIpc) is 2.33. The molecule has 0 N–H and O–H groups in total. The quantitative estimate of drug-likeness (QED) is 0.446. The van der Waals surface area contributed by atoms with E-state index in [2.05, 4.69) is 15.9 Å². The Morgan fingerprint density at radius 1 is 1.21 bits per heavy atom. The van der Waals surface area contributed by atoms with Gasteiger partial charge in [0.05, 0.1) is 6.61 Å². The Morgan fingerprint density at radius 2 is 1.89 bits per heavy atom. The Hall–Kier alpha value is -1.03. The smallest absolute Gasteiger partial charge is 0.342 e. The minimum atomic E-state index is -0.500. The molecule has 0 fully saturated rings. The van der Waals surface area contributed by atoms with Crippen molar-refractivity contribution in [3.05, 3.63) is 29.8 Å². The van der Waals surface area contributed by atoms with Gasteiger partial charge in [-0.2, -0.15) is 0 Å². The molecule has 0 aromatic heterocycles. The summed E-state index contributed by atoms with van der Waals surface area (Å²) < 4.78 is 11.0. The van der Waals surface area contributed by atoms with Gasteiger partial charge in [0.2, 0.25) is 0 Å². The number of esters is 1. The summed E-state index contributed by atoms with van der Waals surface area (Å²) in [6.45, 7) is 6.16. The van der Waals surface area contributed by atoms with Crippen LogP contribution >= 0.6 is 15.9 Å². The molecule has 0 spiro atoms. The molecule has 0 unspecified atom stereocenters. The third-order valence-corrected chi connectivity index (χ3v) is 2.85. The predicted molar refractivity (Wildman–Crippen MR) is 80.1 cm³/mol. The summed E-state index contributed by atoms with van der Waals surface area (Å²) in [6, 6.07) is 7.19. The molecule has 0 atom stereocenters. The first-order valence-electron chi connectivity index (χ1n) is 6.45. The lowest BCUT2D eigenvalue weighted by molar-refractivity contribution is 0.00658. The molecule has 0 saturated carbocycles. The summed E-state index contributed by atoms with van der Waals surface area (Å²) >= 11 is 3.38. The number of alkyl halides is 1. The van der Waals surface area contributed by atoms with E-state index in [1.54, 1.807) is 12.1 Å². The van der Waals surface area contributed by atoms with Crippen molar-refractivity contribution in [2.24, 2.45) is 0 Å². The van der Waals surface area contributed by atoms with E-state index in [4.69, 9.17) is 9.47 Å². The molecule has 19 heavy (non-hydrogen) atoms. The van der Waals surface area contributed by atoms with E-state index >= 15 is 0 Å². The molecule has 1 rings (SSSR count). The highest BCUT2D eigenvalue weighted by Crippen LogP contribution is 2.21. The van der Waals surface area contributed by atoms with E-state index in [0.717, 1.165) is 18.2 Å². The predicted octanol–water partition coefficient (Wildman–Crippen LogP) is 4.20. The number of hydrogen-bond donors (Lipinski definition) is 0. The Labute approximate surface area is 123 Å². The van der Waals surface area contributed by atoms with Gasteiger partial charge in [-0.1, -0.05) is 28.1 Å². The fourth-order valence-corrected chi connectivity index (χ4v) is 1.87. The van der Waals surface area contributed by atoms with Gasteiger partial charge < -0.3 is 9.47 Å². The largest absolute Gasteiger partial charge is 0.493 e. The van der Waals surface area contributed by atoms with Crippen LogP contribution in [0.1, 0.15) is 44.0 Å². The molecule has 0 aliphatic heterocycles. The van der Waals surface area contributed by atoms with Gasteiger partial charge in [-0.3, -0.25) is 0 Å². The number of benzene rings is 1. The number of unbranched alkanes of at least 4 members (excludes halogenated alkanes) is 1. The van der Waals surface area contributed by atoms with Crippen molar-refractivity contribution in [1.82, 2.24) is 0 Å². The zero-order valence-corrected chi connectivity index (χ0v) is 13.3. The summed E-state index contributed by atoms with van der Waals surface area (Å²) in [7, 11) is 0. The zero-order valence-electron chi connectivity index (χ0n) is 11.7. The second-order valence-corrected chi connectivity index (χ2v) is 6.04. The maximum absolute atomic E-state index is 12.1. The fraction of sp³-hybridized carbons (Fsp3) is 0.533. The lowest BCUT2D eigenvalue weighted by atomic mass is 10.1. The lowest BCUT2D eigenvalue weighted by Gasteiger charge is -2.20. The molecule has 0 heterocycles. The van der Waals surface area contributed by atoms with Crippen molar-refractivity contribution in [3.63, 3.8) is 0 Å². The summed E-state index contributed by atoms with van der Waals surface area (Å²) in [5.41, 5.74) is -0.0172. The van der Waals surface area contributed by atoms with Crippen LogP contribution in [0.3, 0.4) is 0 Å². The van der Waals surface area contributed by atoms with Crippen molar-refractivity contribution in [1.29, 1.82) is 0 Å². The zero-order chi connectivity index (χ0) is 14.3. The highest BCUT2D eigenvalue weighted by Gasteiger charge is 2.20. The third-order valence-electron chi connectivity index (χ3n) is 2.29. The summed E-state index contributed by atoms with van der Waals surface area (Å²) in [6.07, 6.45) is 2.00. The number of hydrogen-bond acceptors (Lipinski definition) is 3. The Morgan fingerprint density at radius 3 is 2.53 bits per heavy atom. The first kappa shape index (κ1) is 16.0. The van der Waals surface area contributed by atoms with Crippen molar-refractivity contribution in [2.75, 3.05) is 11.9 Å². The maximum Gasteiger partial charge on any atom is 0.342 e. The summed E-state index contributed by atoms with van der Waals surface area (Å²) in [4.78, 5) is 12.1. The van der Waals surface area contributed by atoms with Gasteiger partial charge in [-0.15, -0.1) is 0 Å². The highest BCUT2D eigenvalue weighted by molar-refractivity contribution is 9.09. The molecule has 0 amide bonds. The number of halogens is 1. The van der Waals surface area contributed by atoms with Gasteiger partial charge >= 0.3 is 5.97 Å². The van der Waals surface area contributed by atoms with Crippen molar-refractivity contribution in [2.45, 2.75) is 39.2 Å². The minimum absolute atomic E-state index is 0.344. The fourth-order valence-electron chi connectivity index (χ4n) is 1.47. The molecule has 4 heteroatoms. The highest BCUT2D eigenvalue weighted by atomic mass is 79.9. The van der Waals surface area contributed by atoms with Crippen LogP contribution in [-0.4, -0.2) is 23.5 Å². The summed E-state index contributed by atoms with van der Waals surface area (Å²) in [5, 5.41) is 0.962. The number of para-hydroxylation sites is 1. The van der Waals surface area contributed by atoms with Crippen molar-refractivity contribution < 1.29 is 14.3 Å². The van der Waals surface area contributed by atoms with Crippen molar-refractivity contribution >= 4 is 21.9 Å². The number of carbonyl (C=O) groups is 1. The Bertz CT molecular complexity index is 410. The molecular formula is C15H21BrO3. The van der Waals surface area contributed by atoms with Crippen LogP contribution in [-0.2, 0) is 4.74 Å². The van der Waals surface area contributed by atoms with Crippen LogP contribution < -0.4 is 4.74 Å². The minimum Gasteiger partial charge on any atom is -0.493 e. The molecule has 0 aliphatic rings. The molecule has 0 aliphatic carbocycles. The summed E-state index contributed by atoms with van der Waals surface area (Å²) in [5.74, 6) is 0.245. The average molecular weight is 329 g/mol. The standard InChI is InChI=1S/C15H21BrO3/c1-15(2,3)19-14(17)12-8-4-5-9-13(12)18-11-7-6-10-16/h4-5,8-9H,6-7,10-11H2,1-3H3. The first-order valence-corrected chi connectivity index (χ1v) is 7.57. The van der Waals surface area contributed by atoms with E-state index in [1.165, 1.54) is 0 Å². The molecule has 0 saturated heterocycles. The normalized spacial score (nSPS) is 11.2. The number of rotatable bonds is 6. The van der Waals surface area contributed by atoms with Gasteiger partial charge in [0, 0.05) is 5.33 Å². The molecule has 106 valence electrons. The van der Waals surface area contributed by atoms with Crippen LogP contribution in [0.4, 0.5) is 0 Å². The molecule has 0 radical (unpaired) electrons. The second-order valence-electron chi connectivity index (χ2n) is 5.24. The van der Waals surface area contributed by atoms with Crippen LogP contribution in [0.5, 0.6) is 5.75 Å². The van der Waals surface area contributed by atoms with Crippen molar-refractivity contribution in [3.8, 4) is 5.75 Å². The molecule has 0 bridgehead atoms. The van der Waals surface area contributed by atoms with Crippen LogP contribution in [0.2, 0.25) is 0 Å². The lowest BCUT2D eigenvalue weighted by Crippen LogP contribution is -2.24. The SMILES string of the molecule is CC(C)(C)OC(=O)c1ccccc1OCCCCBr. The van der Waals surface area contributed by atoms with Crippen LogP contribution in [0, 0.1) is 0 Å². The first-order chi connectivity index (χ1) is 8.94. The van der Waals surface area contributed by atoms with Gasteiger partial charge in [0.15, 0.2) is 0 Å². The molecule has 1 aromatic rings. The Balaban J connectivity index is 2.69. The molecule has 1 aromatic carbocycles. The van der Waals surface area contributed by atoms with E-state index in [9.17, 15) is 4.79 Å². The van der Waals surface area contributed by atoms with E-state index < -0.39 is 5.60 Å².